The zero-order valence-corrected chi connectivity index (χ0v) is 15.3. The molecule has 148 valence electrons. The Labute approximate surface area is 150 Å². The van der Waals surface area contributed by atoms with Crippen LogP contribution >= 0.6 is 0 Å². The zero-order chi connectivity index (χ0) is 19.4. The molecule has 1 aliphatic rings. The van der Waals surface area contributed by atoms with Gasteiger partial charge in [-0.05, 0) is 44.2 Å². The predicted octanol–water partition coefficient (Wildman–Crippen LogP) is 2.59. The molecule has 0 aromatic carbocycles. The fraction of sp³-hybridized carbons (Fsp3) is 0.688. The molecule has 0 radical (unpaired) electrons. The lowest BCUT2D eigenvalue weighted by Gasteiger charge is -2.32. The molecule has 1 atom stereocenters. The number of sulfonamides is 1. The highest BCUT2D eigenvalue weighted by atomic mass is 32.2. The van der Waals surface area contributed by atoms with E-state index in [0.29, 0.717) is 25.0 Å². The van der Waals surface area contributed by atoms with Gasteiger partial charge in [0.2, 0.25) is 15.9 Å². The van der Waals surface area contributed by atoms with E-state index in [-0.39, 0.29) is 37.9 Å². The van der Waals surface area contributed by atoms with Gasteiger partial charge in [0.05, 0.1) is 6.54 Å². The summed E-state index contributed by atoms with van der Waals surface area (Å²) in [4.78, 5) is 11.9. The van der Waals surface area contributed by atoms with Crippen LogP contribution in [0.2, 0.25) is 0 Å². The van der Waals surface area contributed by atoms with Gasteiger partial charge in [0.15, 0.2) is 5.75 Å². The third kappa shape index (κ3) is 6.64. The van der Waals surface area contributed by atoms with Crippen LogP contribution in [-0.2, 0) is 21.4 Å². The van der Waals surface area contributed by atoms with Crippen LogP contribution in [0.3, 0.4) is 0 Å². The van der Waals surface area contributed by atoms with Crippen molar-refractivity contribution < 1.29 is 30.8 Å². The number of hydrogen-bond acceptors (Lipinski definition) is 4. The number of aryl methyl sites for hydroxylation is 1. The Morgan fingerprint density at radius 3 is 2.73 bits per heavy atom. The van der Waals surface area contributed by atoms with Crippen LogP contribution in [0, 0.1) is 12.8 Å². The molecule has 1 aromatic rings. The van der Waals surface area contributed by atoms with E-state index in [1.165, 1.54) is 0 Å². The predicted molar refractivity (Wildman–Crippen MR) is 88.7 cm³/mol. The summed E-state index contributed by atoms with van der Waals surface area (Å²) in [5.74, 6) is -0.775. The summed E-state index contributed by atoms with van der Waals surface area (Å²) >= 11 is 0. The molecule has 0 spiro atoms. The van der Waals surface area contributed by atoms with Crippen molar-refractivity contribution in [3.8, 4) is 0 Å². The summed E-state index contributed by atoms with van der Waals surface area (Å²) in [6, 6.07) is 3.56. The lowest BCUT2D eigenvalue weighted by molar-refractivity contribution is -0.121. The number of hydrogen-bond donors (Lipinski definition) is 1. The molecular weight excluding hydrogens is 373 g/mol. The normalized spacial score (nSPS) is 19.5. The Morgan fingerprint density at radius 2 is 2.12 bits per heavy atom. The smallest absolute Gasteiger partial charge is 0.404 e. The molecule has 1 aliphatic heterocycles. The molecule has 0 aliphatic carbocycles. The Balaban J connectivity index is 1.78. The number of furan rings is 1. The molecule has 1 amide bonds. The van der Waals surface area contributed by atoms with Gasteiger partial charge in [-0.1, -0.05) is 0 Å². The van der Waals surface area contributed by atoms with E-state index in [2.05, 4.69) is 5.32 Å². The highest BCUT2D eigenvalue weighted by Crippen LogP contribution is 2.26. The maximum absolute atomic E-state index is 12.4. The van der Waals surface area contributed by atoms with Crippen molar-refractivity contribution in [2.24, 2.45) is 5.92 Å². The van der Waals surface area contributed by atoms with Crippen molar-refractivity contribution in [3.63, 3.8) is 0 Å². The fourth-order valence-corrected chi connectivity index (χ4v) is 4.44. The third-order valence-electron chi connectivity index (χ3n) is 4.26. The first-order chi connectivity index (χ1) is 12.0. The highest BCUT2D eigenvalue weighted by molar-refractivity contribution is 7.89. The van der Waals surface area contributed by atoms with E-state index in [9.17, 15) is 26.4 Å². The van der Waals surface area contributed by atoms with Gasteiger partial charge in [0.25, 0.3) is 0 Å². The van der Waals surface area contributed by atoms with E-state index >= 15 is 0 Å². The van der Waals surface area contributed by atoms with Gasteiger partial charge in [-0.25, -0.2) is 12.7 Å². The molecule has 26 heavy (non-hydrogen) atoms. The highest BCUT2D eigenvalue weighted by Gasteiger charge is 2.39. The molecule has 1 saturated heterocycles. The van der Waals surface area contributed by atoms with E-state index in [1.54, 1.807) is 19.1 Å². The summed E-state index contributed by atoms with van der Waals surface area (Å²) < 4.78 is 67.2. The van der Waals surface area contributed by atoms with Crippen molar-refractivity contribution >= 4 is 15.9 Å². The minimum atomic E-state index is -4.75. The zero-order valence-electron chi connectivity index (χ0n) is 14.5. The van der Waals surface area contributed by atoms with Gasteiger partial charge in [-0.15, -0.1) is 0 Å². The average molecular weight is 396 g/mol. The number of rotatable bonds is 7. The number of halogens is 3. The fourth-order valence-electron chi connectivity index (χ4n) is 3.00. The maximum Gasteiger partial charge on any atom is 0.404 e. The van der Waals surface area contributed by atoms with Crippen LogP contribution in [0.1, 0.15) is 37.2 Å². The first kappa shape index (κ1) is 20.8. The minimum absolute atomic E-state index is 0.0308. The molecule has 2 rings (SSSR count). The standard InChI is InChI=1S/C16H23F3N2O4S/c1-12-4-6-14(25-12)9-20-15(22)7-5-13-3-2-8-21(10-13)26(23,24)11-16(17,18)19/h4,6,13H,2-3,5,7-11H2,1H3,(H,20,22)/t13-/m1/s1. The quantitative estimate of drug-likeness (QED) is 0.768. The second kappa shape index (κ2) is 8.43. The van der Waals surface area contributed by atoms with Crippen LogP contribution in [0.25, 0.3) is 0 Å². The van der Waals surface area contributed by atoms with Crippen LogP contribution in [0.4, 0.5) is 13.2 Å². The first-order valence-electron chi connectivity index (χ1n) is 8.42. The molecule has 0 unspecified atom stereocenters. The van der Waals surface area contributed by atoms with Crippen LogP contribution in [0.5, 0.6) is 0 Å². The molecule has 0 bridgehead atoms. The second-order valence-electron chi connectivity index (χ2n) is 6.57. The van der Waals surface area contributed by atoms with Crippen LogP contribution < -0.4 is 5.32 Å². The molecule has 10 heteroatoms. The van der Waals surface area contributed by atoms with Gasteiger partial charge in [-0.2, -0.15) is 13.2 Å². The Kier molecular flexibility index (Phi) is 6.73. The summed E-state index contributed by atoms with van der Waals surface area (Å²) in [5.41, 5.74) is 0. The molecule has 1 fully saturated rings. The van der Waals surface area contributed by atoms with Crippen molar-refractivity contribution in [1.82, 2.24) is 9.62 Å². The number of nitrogens with one attached hydrogen (secondary N) is 1. The third-order valence-corrected chi connectivity index (χ3v) is 6.07. The number of amides is 1. The number of carbonyl (C=O) groups is 1. The van der Waals surface area contributed by atoms with Gasteiger partial charge in [0.1, 0.15) is 11.5 Å². The largest absolute Gasteiger partial charge is 0.465 e. The van der Waals surface area contributed by atoms with E-state index in [1.807, 2.05) is 0 Å². The summed E-state index contributed by atoms with van der Waals surface area (Å²) in [6.07, 6.45) is -2.94. The Bertz CT molecular complexity index is 715. The molecule has 1 N–H and O–H groups in total. The second-order valence-corrected chi connectivity index (χ2v) is 8.53. The number of piperidine rings is 1. The molecule has 2 heterocycles. The minimum Gasteiger partial charge on any atom is -0.465 e. The van der Waals surface area contributed by atoms with E-state index < -0.39 is 22.0 Å². The average Bonchev–Trinajstić information content (AvgIpc) is 2.94. The van der Waals surface area contributed by atoms with E-state index in [0.717, 1.165) is 10.1 Å². The van der Waals surface area contributed by atoms with Crippen LogP contribution in [-0.4, -0.2) is 43.6 Å². The van der Waals surface area contributed by atoms with Gasteiger partial charge < -0.3 is 9.73 Å². The summed E-state index contributed by atoms with van der Waals surface area (Å²) in [5, 5.41) is 2.71. The van der Waals surface area contributed by atoms with Crippen molar-refractivity contribution in [1.29, 1.82) is 0 Å². The Hall–Kier alpha value is -1.55. The lowest BCUT2D eigenvalue weighted by Crippen LogP contribution is -2.43. The van der Waals surface area contributed by atoms with Gasteiger partial charge in [-0.3, -0.25) is 4.79 Å². The molecular formula is C16H23F3N2O4S. The SMILES string of the molecule is Cc1ccc(CNC(=O)CC[C@H]2CCCN(S(=O)(=O)CC(F)(F)F)C2)o1. The number of carbonyl (C=O) groups excluding carboxylic acids is 1. The Morgan fingerprint density at radius 1 is 1.38 bits per heavy atom. The molecule has 6 nitrogen and oxygen atoms in total. The first-order valence-corrected chi connectivity index (χ1v) is 10.0. The maximum atomic E-state index is 12.4. The molecule has 0 saturated carbocycles. The van der Waals surface area contributed by atoms with E-state index in [4.69, 9.17) is 4.42 Å². The van der Waals surface area contributed by atoms with Crippen molar-refractivity contribution in [3.05, 3.63) is 23.7 Å². The number of nitrogens with zero attached hydrogens (tertiary/aromatic N) is 1. The molecule has 1 aromatic heterocycles. The van der Waals surface area contributed by atoms with Crippen molar-refractivity contribution in [2.75, 3.05) is 18.8 Å². The topological polar surface area (TPSA) is 79.6 Å². The summed E-state index contributed by atoms with van der Waals surface area (Å²) in [6.45, 7) is 2.19. The van der Waals surface area contributed by atoms with Gasteiger partial charge >= 0.3 is 6.18 Å². The van der Waals surface area contributed by atoms with Crippen LogP contribution in [0.15, 0.2) is 16.5 Å². The van der Waals surface area contributed by atoms with Crippen molar-refractivity contribution in [2.45, 2.75) is 45.3 Å². The lowest BCUT2D eigenvalue weighted by atomic mass is 9.94. The monoisotopic (exact) mass is 396 g/mol. The number of alkyl halides is 3. The van der Waals surface area contributed by atoms with Gasteiger partial charge in [0, 0.05) is 19.5 Å². The summed E-state index contributed by atoms with van der Waals surface area (Å²) in [7, 11) is -4.36.